The maximum absolute atomic E-state index is 12.1. The second-order valence-corrected chi connectivity index (χ2v) is 23.5. The third-order valence-electron chi connectivity index (χ3n) is 15.8. The molecule has 3 aliphatic carbocycles. The molecule has 5 heterocycles. The monoisotopic (exact) mass is 1200 g/mol. The third-order valence-corrected chi connectivity index (χ3v) is 15.8. The molecule has 8 fully saturated rings. The number of rotatable bonds is 13. The number of hydrogen-bond donors (Lipinski definition) is 2. The van der Waals surface area contributed by atoms with Gasteiger partial charge in [0.15, 0.2) is 0 Å². The third kappa shape index (κ3) is 34.3. The molecule has 21 heteroatoms. The molecule has 0 spiro atoms. The molecule has 5 aliphatic heterocycles. The quantitative estimate of drug-likeness (QED) is 0.150. The van der Waals surface area contributed by atoms with E-state index in [0.29, 0.717) is 58.3 Å². The van der Waals surface area contributed by atoms with Gasteiger partial charge in [0.1, 0.15) is 30.5 Å². The summed E-state index contributed by atoms with van der Waals surface area (Å²) >= 11 is 0. The average Bonchev–Trinajstić information content (AvgIpc) is 4.53. The highest BCUT2D eigenvalue weighted by molar-refractivity contribution is 5.79. The number of ether oxygens (including phenoxy) is 5. The van der Waals surface area contributed by atoms with Gasteiger partial charge in [-0.25, -0.2) is 0 Å². The Kier molecular flexibility index (Phi) is 36.6. The summed E-state index contributed by atoms with van der Waals surface area (Å²) in [5.74, 6) is -0.641. The number of benzene rings is 1. The first-order valence-corrected chi connectivity index (χ1v) is 31.7. The molecule has 5 saturated heterocycles. The zero-order chi connectivity index (χ0) is 62.5. The SMILES string of the molecule is CC(=O)NC1CCCC1.CC(=O)OC1CCCC1.CC(=O)O[C@@H]1CCN(C)C1.CC(=O)O[C@H]1CCN(C(=O)CCc2ccccc2)C1.CC(=O)O[C@H]1CCN(C(=O)CN2CCCCC2)C1.CC(=O)O[C@H]1CCN(C(C)=O)C1.CCNC1CCCC1. The molecule has 0 bridgehead atoms. The Morgan fingerprint density at radius 2 is 0.859 bits per heavy atom. The molecule has 2 N–H and O–H groups in total. The molecule has 9 rings (SSSR count). The van der Waals surface area contributed by atoms with Gasteiger partial charge >= 0.3 is 29.8 Å². The van der Waals surface area contributed by atoms with Crippen LogP contribution in [0.15, 0.2) is 30.3 Å². The van der Waals surface area contributed by atoms with Gasteiger partial charge in [-0.2, -0.15) is 0 Å². The molecule has 0 radical (unpaired) electrons. The van der Waals surface area contributed by atoms with Crippen LogP contribution in [0.3, 0.4) is 0 Å². The number of nitrogens with one attached hydrogen (secondary N) is 2. The van der Waals surface area contributed by atoms with Crippen LogP contribution in [0.25, 0.3) is 0 Å². The van der Waals surface area contributed by atoms with E-state index in [2.05, 4.69) is 27.4 Å². The predicted octanol–water partition coefficient (Wildman–Crippen LogP) is 6.94. The van der Waals surface area contributed by atoms with Gasteiger partial charge in [-0.15, -0.1) is 0 Å². The summed E-state index contributed by atoms with van der Waals surface area (Å²) < 4.78 is 25.2. The molecular weight excluding hydrogens is 1090 g/mol. The average molecular weight is 1200 g/mol. The number of amides is 4. The van der Waals surface area contributed by atoms with Crippen LogP contribution in [-0.2, 0) is 73.3 Å². The van der Waals surface area contributed by atoms with Gasteiger partial charge in [-0.1, -0.05) is 69.4 Å². The van der Waals surface area contributed by atoms with E-state index in [9.17, 15) is 43.2 Å². The second kappa shape index (κ2) is 42.2. The summed E-state index contributed by atoms with van der Waals surface area (Å²) in [4.78, 5) is 108. The van der Waals surface area contributed by atoms with Crippen LogP contribution < -0.4 is 10.6 Å². The Labute approximate surface area is 508 Å². The second-order valence-electron chi connectivity index (χ2n) is 23.5. The molecular formula is C64H107N7O14. The van der Waals surface area contributed by atoms with Crippen molar-refractivity contribution in [2.24, 2.45) is 0 Å². The molecule has 21 nitrogen and oxygen atoms in total. The topological polar surface area (TPSA) is 240 Å². The highest BCUT2D eigenvalue weighted by atomic mass is 16.6. The summed E-state index contributed by atoms with van der Waals surface area (Å²) in [6.45, 7) is 21.8. The summed E-state index contributed by atoms with van der Waals surface area (Å²) in [5, 5.41) is 6.35. The van der Waals surface area contributed by atoms with E-state index >= 15 is 0 Å². The van der Waals surface area contributed by atoms with Crippen molar-refractivity contribution < 1.29 is 66.8 Å². The fourth-order valence-electron chi connectivity index (χ4n) is 11.6. The number of nitrogens with zero attached hydrogens (tertiary/aromatic N) is 5. The molecule has 1 aromatic carbocycles. The number of likely N-dealkylation sites (N-methyl/N-ethyl adjacent to an activating group) is 1. The molecule has 4 atom stereocenters. The number of hydrogen-bond acceptors (Lipinski definition) is 17. The van der Waals surface area contributed by atoms with Crippen LogP contribution >= 0.6 is 0 Å². The normalized spacial score (nSPS) is 22.1. The zero-order valence-electron chi connectivity index (χ0n) is 53.2. The molecule has 8 aliphatic rings. The van der Waals surface area contributed by atoms with E-state index in [1.165, 1.54) is 131 Å². The van der Waals surface area contributed by atoms with Crippen molar-refractivity contribution >= 4 is 53.5 Å². The van der Waals surface area contributed by atoms with Crippen molar-refractivity contribution in [3.8, 4) is 0 Å². The highest BCUT2D eigenvalue weighted by Crippen LogP contribution is 2.22. The summed E-state index contributed by atoms with van der Waals surface area (Å²) in [6, 6.07) is 11.3. The lowest BCUT2D eigenvalue weighted by Crippen LogP contribution is -2.41. The van der Waals surface area contributed by atoms with Gasteiger partial charge in [0.25, 0.3) is 0 Å². The number of piperidine rings is 1. The van der Waals surface area contributed by atoms with Gasteiger partial charge < -0.3 is 53.9 Å². The highest BCUT2D eigenvalue weighted by Gasteiger charge is 2.31. The van der Waals surface area contributed by atoms with Crippen molar-refractivity contribution in [3.63, 3.8) is 0 Å². The van der Waals surface area contributed by atoms with Crippen molar-refractivity contribution in [1.29, 1.82) is 0 Å². The molecule has 0 unspecified atom stereocenters. The maximum Gasteiger partial charge on any atom is 0.302 e. The Morgan fingerprint density at radius 1 is 0.447 bits per heavy atom. The molecule has 1 aromatic rings. The minimum Gasteiger partial charge on any atom is -0.463 e. The summed E-state index contributed by atoms with van der Waals surface area (Å²) in [5.41, 5.74) is 1.17. The van der Waals surface area contributed by atoms with Crippen molar-refractivity contribution in [3.05, 3.63) is 35.9 Å². The van der Waals surface area contributed by atoms with Gasteiger partial charge in [0.2, 0.25) is 23.6 Å². The van der Waals surface area contributed by atoms with E-state index in [-0.39, 0.29) is 84.0 Å². The molecule has 85 heavy (non-hydrogen) atoms. The molecule has 4 amide bonds. The Hall–Kier alpha value is -5.67. The zero-order valence-corrected chi connectivity index (χ0v) is 53.2. The van der Waals surface area contributed by atoms with Crippen LogP contribution in [0.4, 0.5) is 0 Å². The summed E-state index contributed by atoms with van der Waals surface area (Å²) in [6.07, 6.45) is 23.5. The lowest BCUT2D eigenvalue weighted by atomic mass is 10.1. The number of carbonyl (C=O) groups excluding carboxylic acids is 9. The van der Waals surface area contributed by atoms with Gasteiger partial charge in [-0.05, 0) is 109 Å². The molecule has 482 valence electrons. The first-order chi connectivity index (χ1) is 40.6. The van der Waals surface area contributed by atoms with Crippen molar-refractivity contribution in [1.82, 2.24) is 35.1 Å². The largest absolute Gasteiger partial charge is 0.463 e. The van der Waals surface area contributed by atoms with Gasteiger partial charge in [0, 0.05) is 119 Å². The minimum atomic E-state index is -0.274. The lowest BCUT2D eigenvalue weighted by molar-refractivity contribution is -0.147. The van der Waals surface area contributed by atoms with E-state index in [1.807, 2.05) is 42.3 Å². The van der Waals surface area contributed by atoms with E-state index in [4.69, 9.17) is 23.7 Å². The molecule has 3 saturated carbocycles. The number of likely N-dealkylation sites (tertiary alicyclic amines) is 5. The van der Waals surface area contributed by atoms with Crippen LogP contribution in [0.2, 0.25) is 0 Å². The standard InChI is InChI=1S/C15H19NO3.C13H22N2O3.C8H13NO3.C7H13NO2.C7H13NO.C7H15N.C7H12O2/c1-12(17)19-14-9-10-16(11-14)15(18)8-7-13-5-3-2-4-6-13;1-11(16)18-12-5-8-15(9-12)13(17)10-14-6-3-2-4-7-14;1-6(10)9-4-3-8(5-9)12-7(2)11;1-6(9)10-7-3-4-8(2)5-7;1-6(9)8-7-4-2-3-5-7;1-2-8-7-5-3-4-6-7;1-6(8)9-7-4-2-3-5-7/h2-6,14H,7-11H2,1H3;12H,2-10H2,1H3;8H,3-5H2,1-2H3;7H,3-5H2,1-2H3;7H,2-5H2,1H3,(H,8,9);7-8H,2-6H2,1H3;7H,2-5H2,1H3/t14-;12-;8-;7-;;;/m0001.../s1. The van der Waals surface area contributed by atoms with E-state index in [1.54, 1.807) is 16.7 Å². The Balaban J connectivity index is 0.000000266. The van der Waals surface area contributed by atoms with Crippen LogP contribution in [-0.4, -0.2) is 206 Å². The minimum absolute atomic E-state index is 0.0460. The lowest BCUT2D eigenvalue weighted by Gasteiger charge is -2.27. The van der Waals surface area contributed by atoms with Crippen molar-refractivity contribution in [2.45, 2.75) is 233 Å². The predicted molar refractivity (Wildman–Crippen MR) is 325 cm³/mol. The Morgan fingerprint density at radius 3 is 1.28 bits per heavy atom. The van der Waals surface area contributed by atoms with Gasteiger partial charge in [0.05, 0.1) is 26.2 Å². The first-order valence-electron chi connectivity index (χ1n) is 31.7. The number of aryl methyl sites for hydroxylation is 1. The fourth-order valence-corrected chi connectivity index (χ4v) is 11.6. The van der Waals surface area contributed by atoms with Crippen LogP contribution in [0.1, 0.15) is 189 Å². The number of carbonyl (C=O) groups is 9. The van der Waals surface area contributed by atoms with Crippen LogP contribution in [0.5, 0.6) is 0 Å². The van der Waals surface area contributed by atoms with Gasteiger partial charge in [-0.3, -0.25) is 48.1 Å². The van der Waals surface area contributed by atoms with E-state index < -0.39 is 0 Å². The summed E-state index contributed by atoms with van der Waals surface area (Å²) in [7, 11) is 2.03. The first kappa shape index (κ1) is 73.6. The van der Waals surface area contributed by atoms with Crippen LogP contribution in [0, 0.1) is 0 Å². The van der Waals surface area contributed by atoms with Crippen molar-refractivity contribution in [2.75, 3.05) is 85.6 Å². The number of esters is 5. The smallest absolute Gasteiger partial charge is 0.302 e. The van der Waals surface area contributed by atoms with E-state index in [0.717, 1.165) is 83.7 Å². The maximum atomic E-state index is 12.1. The molecule has 0 aromatic heterocycles. The fraction of sp³-hybridized carbons (Fsp3) is 0.766. The Bertz CT molecular complexity index is 2120.